The summed E-state index contributed by atoms with van der Waals surface area (Å²) in [6.45, 7) is 11.2. The van der Waals surface area contributed by atoms with Gasteiger partial charge >= 0.3 is 0 Å². The number of oxazole rings is 1. The van der Waals surface area contributed by atoms with Gasteiger partial charge in [-0.05, 0) is 80.6 Å². The molecule has 0 aliphatic rings. The number of fused-ring (bicyclic) bond motifs is 2. The van der Waals surface area contributed by atoms with Crippen molar-refractivity contribution in [1.82, 2.24) is 4.98 Å². The van der Waals surface area contributed by atoms with Crippen LogP contribution in [0.4, 0.5) is 5.69 Å². The molecule has 1 aromatic heterocycles. The summed E-state index contributed by atoms with van der Waals surface area (Å²) in [4.78, 5) is 10.1. The predicted molar refractivity (Wildman–Crippen MR) is 199 cm³/mol. The van der Waals surface area contributed by atoms with E-state index in [-0.39, 0.29) is 5.41 Å². The second-order valence-electron chi connectivity index (χ2n) is 13.9. The summed E-state index contributed by atoms with van der Waals surface area (Å²) < 4.78 is 6.56. The topological polar surface area (TPSA) is 38.4 Å². The molecule has 7 aromatic rings. The second-order valence-corrected chi connectivity index (χ2v) is 13.9. The van der Waals surface area contributed by atoms with Gasteiger partial charge in [0.15, 0.2) is 5.58 Å². The van der Waals surface area contributed by atoms with Crippen LogP contribution >= 0.6 is 0 Å². The molecule has 3 nitrogen and oxygen atoms in total. The lowest BCUT2D eigenvalue weighted by Crippen LogP contribution is -2.11. The number of aromatic nitrogens is 1. The van der Waals surface area contributed by atoms with Crippen molar-refractivity contribution in [2.45, 2.75) is 46.5 Å². The molecule has 0 N–H and O–H groups in total. The Morgan fingerprint density at radius 3 is 2.11 bits per heavy atom. The minimum Gasteiger partial charge on any atom is -0.436 e. The van der Waals surface area contributed by atoms with E-state index in [0.717, 1.165) is 45.5 Å². The zero-order valence-corrected chi connectivity index (χ0v) is 27.8. The average molecular weight is 613 g/mol. The highest BCUT2D eigenvalue weighted by atomic mass is 16.3. The first kappa shape index (κ1) is 30.4. The molecule has 47 heavy (non-hydrogen) atoms. The van der Waals surface area contributed by atoms with Crippen LogP contribution in [0.5, 0.6) is 0 Å². The Kier molecular flexibility index (Phi) is 8.07. The molecule has 0 amide bonds. The lowest BCUT2D eigenvalue weighted by Gasteiger charge is -2.20. The SMILES string of the molecule is CC(C)Cc1ccc(-c2ccc(-c3cc(C(C)(C)C)cc4oc(-c5ccccc5N=Cc5cccc6ccccc56)nc34)cc2)cc1. The van der Waals surface area contributed by atoms with Gasteiger partial charge in [0, 0.05) is 17.3 Å². The number of rotatable bonds is 7. The van der Waals surface area contributed by atoms with E-state index in [1.54, 1.807) is 0 Å². The highest BCUT2D eigenvalue weighted by Gasteiger charge is 2.21. The van der Waals surface area contributed by atoms with Crippen molar-refractivity contribution in [3.8, 4) is 33.7 Å². The van der Waals surface area contributed by atoms with Crippen LogP contribution in [0.25, 0.3) is 55.6 Å². The monoisotopic (exact) mass is 612 g/mol. The molecule has 0 aliphatic heterocycles. The zero-order chi connectivity index (χ0) is 32.5. The van der Waals surface area contributed by atoms with Crippen molar-refractivity contribution < 1.29 is 4.42 Å². The lowest BCUT2D eigenvalue weighted by atomic mass is 9.85. The van der Waals surface area contributed by atoms with Gasteiger partial charge in [-0.3, -0.25) is 4.99 Å². The molecule has 1 heterocycles. The van der Waals surface area contributed by atoms with E-state index in [9.17, 15) is 0 Å². The van der Waals surface area contributed by atoms with Gasteiger partial charge in [-0.1, -0.05) is 138 Å². The van der Waals surface area contributed by atoms with Gasteiger partial charge in [-0.15, -0.1) is 0 Å². The van der Waals surface area contributed by atoms with Gasteiger partial charge in [0.2, 0.25) is 5.89 Å². The fraction of sp³-hybridized carbons (Fsp3) is 0.182. The van der Waals surface area contributed by atoms with E-state index in [2.05, 4.69) is 138 Å². The fourth-order valence-corrected chi connectivity index (χ4v) is 6.21. The maximum atomic E-state index is 6.56. The predicted octanol–water partition coefficient (Wildman–Crippen LogP) is 12.2. The molecular weight excluding hydrogens is 572 g/mol. The van der Waals surface area contributed by atoms with E-state index < -0.39 is 0 Å². The van der Waals surface area contributed by atoms with Crippen molar-refractivity contribution in [2.24, 2.45) is 10.9 Å². The van der Waals surface area contributed by atoms with Crippen LogP contribution in [-0.4, -0.2) is 11.2 Å². The molecule has 0 atom stereocenters. The van der Waals surface area contributed by atoms with E-state index >= 15 is 0 Å². The Morgan fingerprint density at radius 2 is 1.36 bits per heavy atom. The van der Waals surface area contributed by atoms with Crippen LogP contribution in [0.3, 0.4) is 0 Å². The smallest absolute Gasteiger partial charge is 0.229 e. The lowest BCUT2D eigenvalue weighted by molar-refractivity contribution is 0.584. The largest absolute Gasteiger partial charge is 0.436 e. The van der Waals surface area contributed by atoms with Gasteiger partial charge < -0.3 is 4.42 Å². The summed E-state index contributed by atoms with van der Waals surface area (Å²) in [7, 11) is 0. The van der Waals surface area contributed by atoms with E-state index in [1.807, 2.05) is 30.5 Å². The normalized spacial score (nSPS) is 12.1. The van der Waals surface area contributed by atoms with E-state index in [1.165, 1.54) is 33.0 Å². The first-order chi connectivity index (χ1) is 22.7. The third kappa shape index (κ3) is 6.39. The second kappa shape index (κ2) is 12.5. The Bertz CT molecular complexity index is 2210. The summed E-state index contributed by atoms with van der Waals surface area (Å²) in [6.07, 6.45) is 3.03. The average Bonchev–Trinajstić information content (AvgIpc) is 3.51. The van der Waals surface area contributed by atoms with Crippen LogP contribution in [-0.2, 0) is 11.8 Å². The third-order valence-corrected chi connectivity index (χ3v) is 8.79. The molecule has 0 aliphatic carbocycles. The van der Waals surface area contributed by atoms with Crippen molar-refractivity contribution in [3.63, 3.8) is 0 Å². The number of hydrogen-bond acceptors (Lipinski definition) is 3. The number of hydrogen-bond donors (Lipinski definition) is 0. The Labute approximate surface area is 277 Å². The maximum absolute atomic E-state index is 6.56. The minimum absolute atomic E-state index is 0.0613. The molecule has 0 fully saturated rings. The molecule has 6 aromatic carbocycles. The molecule has 0 spiro atoms. The first-order valence-electron chi connectivity index (χ1n) is 16.5. The summed E-state index contributed by atoms with van der Waals surface area (Å²) in [5, 5.41) is 2.37. The van der Waals surface area contributed by atoms with Gasteiger partial charge in [0.05, 0.1) is 11.3 Å². The first-order valence-corrected chi connectivity index (χ1v) is 16.5. The summed E-state index contributed by atoms with van der Waals surface area (Å²) in [5.41, 5.74) is 11.5. The van der Waals surface area contributed by atoms with Crippen LogP contribution in [0.15, 0.2) is 137 Å². The zero-order valence-electron chi connectivity index (χ0n) is 27.8. The number of aliphatic imine (C=N–C) groups is 1. The van der Waals surface area contributed by atoms with Gasteiger partial charge in [-0.25, -0.2) is 4.98 Å². The molecule has 3 heteroatoms. The van der Waals surface area contributed by atoms with Crippen LogP contribution in [0.2, 0.25) is 0 Å². The molecule has 0 radical (unpaired) electrons. The number of para-hydroxylation sites is 1. The third-order valence-electron chi connectivity index (χ3n) is 8.79. The van der Waals surface area contributed by atoms with Crippen molar-refractivity contribution in [3.05, 3.63) is 144 Å². The summed E-state index contributed by atoms with van der Waals surface area (Å²) in [5.74, 6) is 1.21. The highest BCUT2D eigenvalue weighted by molar-refractivity contribution is 6.01. The van der Waals surface area contributed by atoms with E-state index in [0.29, 0.717) is 11.8 Å². The quantitative estimate of drug-likeness (QED) is 0.168. The standard InChI is InChI=1S/C44H40N2O/c1-29(2)25-30-17-19-31(20-18-30)32-21-23-34(24-22-32)39-26-36(44(3,4)5)27-41-42(39)46-43(47-41)38-15-8-9-16-40(38)45-28-35-13-10-12-33-11-6-7-14-37(33)35/h6-24,26-29H,25H2,1-5H3. The van der Waals surface area contributed by atoms with E-state index in [4.69, 9.17) is 14.4 Å². The Morgan fingerprint density at radius 1 is 0.702 bits per heavy atom. The maximum Gasteiger partial charge on any atom is 0.229 e. The van der Waals surface area contributed by atoms with Gasteiger partial charge in [0.25, 0.3) is 0 Å². The van der Waals surface area contributed by atoms with Crippen LogP contribution in [0.1, 0.15) is 51.3 Å². The molecule has 0 saturated carbocycles. The number of nitrogens with zero attached hydrogens (tertiary/aromatic N) is 2. The Hall–Kier alpha value is -5.28. The van der Waals surface area contributed by atoms with Crippen LogP contribution in [0, 0.1) is 5.92 Å². The van der Waals surface area contributed by atoms with Gasteiger partial charge in [0.1, 0.15) is 5.52 Å². The molecule has 7 rings (SSSR count). The Balaban J connectivity index is 1.27. The van der Waals surface area contributed by atoms with Gasteiger partial charge in [-0.2, -0.15) is 0 Å². The highest BCUT2D eigenvalue weighted by Crippen LogP contribution is 2.39. The molecule has 0 saturated heterocycles. The van der Waals surface area contributed by atoms with Crippen molar-refractivity contribution in [1.29, 1.82) is 0 Å². The van der Waals surface area contributed by atoms with Crippen molar-refractivity contribution >= 4 is 33.8 Å². The minimum atomic E-state index is -0.0613. The molecule has 232 valence electrons. The molecule has 0 unspecified atom stereocenters. The van der Waals surface area contributed by atoms with Crippen LogP contribution < -0.4 is 0 Å². The summed E-state index contributed by atoms with van der Waals surface area (Å²) >= 11 is 0. The van der Waals surface area contributed by atoms with Crippen molar-refractivity contribution in [2.75, 3.05) is 0 Å². The molecule has 0 bridgehead atoms. The fourth-order valence-electron chi connectivity index (χ4n) is 6.21. The molecular formula is C44H40N2O. The summed E-state index contributed by atoms with van der Waals surface area (Å²) in [6, 6.07) is 44.9. The number of benzene rings is 6.